The molecule has 3 unspecified atom stereocenters. The first-order valence-corrected chi connectivity index (χ1v) is 6.81. The Bertz CT molecular complexity index is 424. The summed E-state index contributed by atoms with van der Waals surface area (Å²) >= 11 is 3.46. The minimum Gasteiger partial charge on any atom is -0.366 e. The van der Waals surface area contributed by atoms with Gasteiger partial charge in [-0.1, -0.05) is 6.42 Å². The molecule has 2 aliphatic rings. The molecule has 1 heterocycles. The second kappa shape index (κ2) is 4.42. The second-order valence-corrected chi connectivity index (χ2v) is 5.81. The monoisotopic (exact) mass is 297 g/mol. The highest BCUT2D eigenvalue weighted by Gasteiger charge is 2.39. The molecule has 0 saturated heterocycles. The first kappa shape index (κ1) is 11.2. The van der Waals surface area contributed by atoms with E-state index in [2.05, 4.69) is 36.6 Å². The number of nitrogen functional groups attached to an aromatic ring is 1. The van der Waals surface area contributed by atoms with E-state index in [-0.39, 0.29) is 0 Å². The molecule has 1 aromatic rings. The van der Waals surface area contributed by atoms with Gasteiger partial charge in [0.2, 0.25) is 5.95 Å². The Balaban J connectivity index is 1.76. The van der Waals surface area contributed by atoms with Gasteiger partial charge in [0.05, 0.1) is 4.47 Å². The lowest BCUT2D eigenvalue weighted by Crippen LogP contribution is -2.27. The average Bonchev–Trinajstić information content (AvgIpc) is 2.94. The van der Waals surface area contributed by atoms with E-state index in [9.17, 15) is 0 Å². The molecule has 2 aliphatic carbocycles. The predicted molar refractivity (Wildman–Crippen MR) is 70.4 cm³/mol. The summed E-state index contributed by atoms with van der Waals surface area (Å²) in [4.78, 5) is 8.38. The number of aromatic nitrogens is 2. The summed E-state index contributed by atoms with van der Waals surface area (Å²) < 4.78 is 0.888. The van der Waals surface area contributed by atoms with Crippen LogP contribution in [0.5, 0.6) is 0 Å². The lowest BCUT2D eigenvalue weighted by molar-refractivity contribution is 0.439. The van der Waals surface area contributed by atoms with Gasteiger partial charge in [-0.15, -0.1) is 0 Å². The molecular weight excluding hydrogens is 282 g/mol. The smallest absolute Gasteiger partial charge is 0.239 e. The van der Waals surface area contributed by atoms with Crippen molar-refractivity contribution in [3.8, 4) is 0 Å². The fourth-order valence-corrected chi connectivity index (χ4v) is 3.44. The highest BCUT2D eigenvalue weighted by atomic mass is 79.9. The molecule has 5 nitrogen and oxygen atoms in total. The number of nitrogens with two attached hydrogens (primary N) is 1. The van der Waals surface area contributed by atoms with Crippen LogP contribution in [0.2, 0.25) is 0 Å². The summed E-state index contributed by atoms with van der Waals surface area (Å²) in [5.74, 6) is 8.34. The number of fused-ring (bicyclic) bond motifs is 2. The van der Waals surface area contributed by atoms with Gasteiger partial charge in [0.15, 0.2) is 0 Å². The molecule has 3 rings (SSSR count). The van der Waals surface area contributed by atoms with E-state index in [1.807, 2.05) is 0 Å². The molecule has 1 aromatic heterocycles. The zero-order valence-corrected chi connectivity index (χ0v) is 11.1. The normalized spacial score (nSPS) is 30.6. The Morgan fingerprint density at radius 2 is 2.24 bits per heavy atom. The van der Waals surface area contributed by atoms with Crippen molar-refractivity contribution < 1.29 is 0 Å². The SMILES string of the molecule is NNc1ncc(Br)c(NC2CC3CCC2C3)n1. The molecule has 17 heavy (non-hydrogen) atoms. The summed E-state index contributed by atoms with van der Waals surface area (Å²) in [6.45, 7) is 0. The predicted octanol–water partition coefficient (Wildman–Crippen LogP) is 2.13. The zero-order valence-electron chi connectivity index (χ0n) is 9.49. The topological polar surface area (TPSA) is 75.9 Å². The van der Waals surface area contributed by atoms with Crippen LogP contribution < -0.4 is 16.6 Å². The Hall–Kier alpha value is -0.880. The van der Waals surface area contributed by atoms with Crippen LogP contribution in [0.4, 0.5) is 11.8 Å². The maximum absolute atomic E-state index is 5.32. The fourth-order valence-electron chi connectivity index (χ4n) is 3.14. The quantitative estimate of drug-likeness (QED) is 0.589. The number of hydrogen-bond acceptors (Lipinski definition) is 5. The van der Waals surface area contributed by atoms with Gasteiger partial charge in [0, 0.05) is 12.2 Å². The van der Waals surface area contributed by atoms with Crippen LogP contribution in [-0.2, 0) is 0 Å². The number of halogens is 1. The van der Waals surface area contributed by atoms with Gasteiger partial charge in [-0.2, -0.15) is 4.98 Å². The third kappa shape index (κ3) is 2.11. The molecule has 6 heteroatoms. The summed E-state index contributed by atoms with van der Waals surface area (Å²) in [5, 5.41) is 3.52. The average molecular weight is 298 g/mol. The Kier molecular flexibility index (Phi) is 2.92. The third-order valence-corrected chi connectivity index (χ3v) is 4.51. The van der Waals surface area contributed by atoms with Crippen LogP contribution in [0.1, 0.15) is 25.7 Å². The maximum Gasteiger partial charge on any atom is 0.239 e. The van der Waals surface area contributed by atoms with Crippen LogP contribution in [0, 0.1) is 11.8 Å². The van der Waals surface area contributed by atoms with Crippen LogP contribution in [0.3, 0.4) is 0 Å². The van der Waals surface area contributed by atoms with Crippen molar-refractivity contribution in [1.29, 1.82) is 0 Å². The number of nitrogens with zero attached hydrogens (tertiary/aromatic N) is 2. The summed E-state index contributed by atoms with van der Waals surface area (Å²) in [6.07, 6.45) is 7.13. The number of nitrogens with one attached hydrogen (secondary N) is 2. The molecular formula is C11H16BrN5. The Morgan fingerprint density at radius 3 is 2.88 bits per heavy atom. The van der Waals surface area contributed by atoms with Gasteiger partial charge in [-0.05, 0) is 47.0 Å². The highest BCUT2D eigenvalue weighted by Crippen LogP contribution is 2.45. The standard InChI is InChI=1S/C11H16BrN5/c12-8-5-14-11(17-13)16-10(8)15-9-4-6-1-2-7(9)3-6/h5-7,9H,1-4,13H2,(H2,14,15,16,17). The first-order chi connectivity index (χ1) is 8.26. The van der Waals surface area contributed by atoms with E-state index >= 15 is 0 Å². The van der Waals surface area contributed by atoms with E-state index in [0.29, 0.717) is 12.0 Å². The Labute approximate surface area is 109 Å². The van der Waals surface area contributed by atoms with Gasteiger partial charge in [0.25, 0.3) is 0 Å². The molecule has 2 fully saturated rings. The highest BCUT2D eigenvalue weighted by molar-refractivity contribution is 9.10. The van der Waals surface area contributed by atoms with Crippen molar-refractivity contribution in [3.63, 3.8) is 0 Å². The first-order valence-electron chi connectivity index (χ1n) is 6.02. The molecule has 0 amide bonds. The second-order valence-electron chi connectivity index (χ2n) is 4.96. The number of anilines is 2. The van der Waals surface area contributed by atoms with Crippen molar-refractivity contribution in [3.05, 3.63) is 10.7 Å². The summed E-state index contributed by atoms with van der Waals surface area (Å²) in [7, 11) is 0. The van der Waals surface area contributed by atoms with Crippen molar-refractivity contribution in [2.45, 2.75) is 31.7 Å². The third-order valence-electron chi connectivity index (χ3n) is 3.93. The van der Waals surface area contributed by atoms with Crippen LogP contribution in [-0.4, -0.2) is 16.0 Å². The van der Waals surface area contributed by atoms with Gasteiger partial charge >= 0.3 is 0 Å². The van der Waals surface area contributed by atoms with Crippen molar-refractivity contribution in [2.75, 3.05) is 10.7 Å². The van der Waals surface area contributed by atoms with Crippen LogP contribution in [0.25, 0.3) is 0 Å². The number of rotatable bonds is 3. The van der Waals surface area contributed by atoms with Gasteiger partial charge in [-0.25, -0.2) is 10.8 Å². The van der Waals surface area contributed by atoms with E-state index in [1.54, 1.807) is 6.20 Å². The van der Waals surface area contributed by atoms with E-state index in [4.69, 9.17) is 5.84 Å². The molecule has 3 atom stereocenters. The van der Waals surface area contributed by atoms with E-state index < -0.39 is 0 Å². The molecule has 0 aromatic carbocycles. The molecule has 2 saturated carbocycles. The van der Waals surface area contributed by atoms with Gasteiger partial charge in [-0.3, -0.25) is 5.43 Å². The molecule has 2 bridgehead atoms. The maximum atomic E-state index is 5.32. The van der Waals surface area contributed by atoms with Gasteiger partial charge < -0.3 is 5.32 Å². The molecule has 0 radical (unpaired) electrons. The fraction of sp³-hybridized carbons (Fsp3) is 0.636. The molecule has 92 valence electrons. The summed E-state index contributed by atoms with van der Waals surface area (Å²) in [5.41, 5.74) is 2.47. The largest absolute Gasteiger partial charge is 0.366 e. The van der Waals surface area contributed by atoms with Crippen molar-refractivity contribution in [2.24, 2.45) is 17.7 Å². The number of hydrazine groups is 1. The lowest BCUT2D eigenvalue weighted by atomic mass is 9.95. The Morgan fingerprint density at radius 1 is 1.35 bits per heavy atom. The zero-order chi connectivity index (χ0) is 11.8. The molecule has 4 N–H and O–H groups in total. The lowest BCUT2D eigenvalue weighted by Gasteiger charge is -2.23. The van der Waals surface area contributed by atoms with Crippen molar-refractivity contribution in [1.82, 2.24) is 9.97 Å². The van der Waals surface area contributed by atoms with Gasteiger partial charge in [0.1, 0.15) is 5.82 Å². The minimum atomic E-state index is 0.443. The van der Waals surface area contributed by atoms with Crippen molar-refractivity contribution >= 4 is 27.7 Å². The number of hydrogen-bond donors (Lipinski definition) is 3. The molecule has 0 aliphatic heterocycles. The van der Waals surface area contributed by atoms with E-state index in [0.717, 1.165) is 22.1 Å². The minimum absolute atomic E-state index is 0.443. The molecule has 0 spiro atoms. The summed E-state index contributed by atoms with van der Waals surface area (Å²) in [6, 6.07) is 0.561. The van der Waals surface area contributed by atoms with Crippen LogP contribution >= 0.6 is 15.9 Å². The van der Waals surface area contributed by atoms with E-state index in [1.165, 1.54) is 25.7 Å². The van der Waals surface area contributed by atoms with Crippen LogP contribution in [0.15, 0.2) is 10.7 Å².